The Bertz CT molecular complexity index is 320. The smallest absolute Gasteiger partial charge is 0.317 e. The van der Waals surface area contributed by atoms with Crippen molar-refractivity contribution in [3.05, 3.63) is 0 Å². The van der Waals surface area contributed by atoms with Crippen molar-refractivity contribution in [3.63, 3.8) is 0 Å². The van der Waals surface area contributed by atoms with Crippen LogP contribution in [-0.2, 0) is 4.79 Å². The minimum absolute atomic E-state index is 0.0472. The summed E-state index contributed by atoms with van der Waals surface area (Å²) in [5, 5.41) is 21.0. The van der Waals surface area contributed by atoms with Gasteiger partial charge >= 0.3 is 12.0 Å². The first-order valence-corrected chi connectivity index (χ1v) is 6.81. The number of carboxylic acids is 1. The lowest BCUT2D eigenvalue weighted by molar-refractivity contribution is -0.138. The first kappa shape index (κ1) is 15.8. The Balaban J connectivity index is 2.37. The van der Waals surface area contributed by atoms with E-state index >= 15 is 0 Å². The number of aliphatic carboxylic acids is 1. The molecule has 1 rings (SSSR count). The third-order valence-electron chi connectivity index (χ3n) is 3.26. The molecule has 1 heterocycles. The summed E-state index contributed by atoms with van der Waals surface area (Å²) in [7, 11) is 0. The Morgan fingerprint density at radius 2 is 2.11 bits per heavy atom. The largest absolute Gasteiger partial charge is 0.481 e. The van der Waals surface area contributed by atoms with Crippen LogP contribution in [0.25, 0.3) is 0 Å². The number of carbonyl (C=O) groups excluding carboxylic acids is 1. The molecule has 2 atom stereocenters. The van der Waals surface area contributed by atoms with Gasteiger partial charge in [0.15, 0.2) is 0 Å². The molecule has 0 saturated carbocycles. The van der Waals surface area contributed by atoms with Gasteiger partial charge in [-0.25, -0.2) is 4.79 Å². The Hall–Kier alpha value is -1.30. The fourth-order valence-electron chi connectivity index (χ4n) is 2.42. The van der Waals surface area contributed by atoms with Crippen molar-refractivity contribution in [3.8, 4) is 0 Å². The van der Waals surface area contributed by atoms with Crippen LogP contribution in [0, 0.1) is 11.8 Å². The van der Waals surface area contributed by atoms with Crippen LogP contribution in [0.2, 0.25) is 0 Å². The maximum atomic E-state index is 11.8. The topological polar surface area (TPSA) is 89.9 Å². The zero-order valence-corrected chi connectivity index (χ0v) is 11.6. The third-order valence-corrected chi connectivity index (χ3v) is 3.26. The maximum Gasteiger partial charge on any atom is 0.317 e. The van der Waals surface area contributed by atoms with E-state index in [-0.39, 0.29) is 18.4 Å². The summed E-state index contributed by atoms with van der Waals surface area (Å²) in [5.74, 6) is -0.486. The van der Waals surface area contributed by atoms with Crippen LogP contribution in [-0.4, -0.2) is 52.9 Å². The molecule has 3 N–H and O–H groups in total. The second-order valence-electron chi connectivity index (χ2n) is 5.67. The van der Waals surface area contributed by atoms with Crippen molar-refractivity contribution in [2.45, 2.75) is 39.2 Å². The number of hydrogen-bond donors (Lipinski definition) is 3. The monoisotopic (exact) mass is 272 g/mol. The van der Waals surface area contributed by atoms with Gasteiger partial charge in [-0.1, -0.05) is 13.8 Å². The molecule has 1 fully saturated rings. The molecular formula is C13H24N2O4. The van der Waals surface area contributed by atoms with Crippen LogP contribution in [0.15, 0.2) is 0 Å². The minimum atomic E-state index is -0.837. The SMILES string of the molecule is CC(C)CC(CNC(=O)N1CCC(O)C1)CC(=O)O. The van der Waals surface area contributed by atoms with E-state index < -0.39 is 12.1 Å². The molecule has 1 aliphatic rings. The molecule has 1 aliphatic heterocycles. The Morgan fingerprint density at radius 1 is 1.42 bits per heavy atom. The number of hydrogen-bond acceptors (Lipinski definition) is 3. The van der Waals surface area contributed by atoms with Gasteiger partial charge in [0.1, 0.15) is 0 Å². The number of carboxylic acid groups (broad SMARTS) is 1. The molecule has 2 amide bonds. The number of aliphatic hydroxyl groups is 1. The molecule has 0 aromatic carbocycles. The standard InChI is InChI=1S/C13H24N2O4/c1-9(2)5-10(6-12(17)18)7-14-13(19)15-4-3-11(16)8-15/h9-11,16H,3-8H2,1-2H3,(H,14,19)(H,17,18). The normalized spacial score (nSPS) is 20.6. The summed E-state index contributed by atoms with van der Waals surface area (Å²) in [6.45, 7) is 5.36. The van der Waals surface area contributed by atoms with Gasteiger partial charge in [0, 0.05) is 26.1 Å². The second kappa shape index (κ2) is 7.33. The van der Waals surface area contributed by atoms with Gasteiger partial charge in [-0.15, -0.1) is 0 Å². The highest BCUT2D eigenvalue weighted by molar-refractivity contribution is 5.74. The summed E-state index contributed by atoms with van der Waals surface area (Å²) in [6.07, 6.45) is 1.02. The first-order chi connectivity index (χ1) is 8.88. The number of carbonyl (C=O) groups is 2. The molecule has 0 aromatic heterocycles. The molecule has 2 unspecified atom stereocenters. The lowest BCUT2D eigenvalue weighted by Gasteiger charge is -2.21. The molecular weight excluding hydrogens is 248 g/mol. The van der Waals surface area contributed by atoms with Crippen LogP contribution in [0.4, 0.5) is 4.79 Å². The number of rotatable bonds is 6. The van der Waals surface area contributed by atoms with Crippen molar-refractivity contribution in [2.24, 2.45) is 11.8 Å². The van der Waals surface area contributed by atoms with E-state index in [1.165, 1.54) is 0 Å². The molecule has 1 saturated heterocycles. The fourth-order valence-corrected chi connectivity index (χ4v) is 2.42. The van der Waals surface area contributed by atoms with E-state index in [1.807, 2.05) is 13.8 Å². The van der Waals surface area contributed by atoms with E-state index in [0.717, 1.165) is 6.42 Å². The number of β-amino-alcohol motifs (C(OH)–C–C–N with tert-alkyl or cyclic N) is 1. The minimum Gasteiger partial charge on any atom is -0.481 e. The van der Waals surface area contributed by atoms with Crippen LogP contribution < -0.4 is 5.32 Å². The fraction of sp³-hybridized carbons (Fsp3) is 0.846. The number of urea groups is 1. The highest BCUT2D eigenvalue weighted by Gasteiger charge is 2.25. The molecule has 0 aliphatic carbocycles. The van der Waals surface area contributed by atoms with E-state index in [9.17, 15) is 14.7 Å². The maximum absolute atomic E-state index is 11.8. The summed E-state index contributed by atoms with van der Waals surface area (Å²) < 4.78 is 0. The zero-order chi connectivity index (χ0) is 14.4. The number of amides is 2. The van der Waals surface area contributed by atoms with Gasteiger partial charge in [-0.05, 0) is 24.7 Å². The summed E-state index contributed by atoms with van der Waals surface area (Å²) in [6, 6.07) is -0.212. The van der Waals surface area contributed by atoms with E-state index in [0.29, 0.717) is 32.0 Å². The highest BCUT2D eigenvalue weighted by Crippen LogP contribution is 2.15. The van der Waals surface area contributed by atoms with E-state index in [2.05, 4.69) is 5.32 Å². The zero-order valence-electron chi connectivity index (χ0n) is 11.6. The molecule has 0 spiro atoms. The summed E-state index contributed by atoms with van der Waals surface area (Å²) >= 11 is 0. The predicted octanol–water partition coefficient (Wildman–Crippen LogP) is 0.900. The number of aliphatic hydroxyl groups excluding tert-OH is 1. The van der Waals surface area contributed by atoms with E-state index in [4.69, 9.17) is 5.11 Å². The molecule has 6 heteroatoms. The summed E-state index contributed by atoms with van der Waals surface area (Å²) in [5.41, 5.74) is 0. The second-order valence-corrected chi connectivity index (χ2v) is 5.67. The van der Waals surface area contributed by atoms with Crippen LogP contribution in [0.5, 0.6) is 0 Å². The van der Waals surface area contributed by atoms with Crippen LogP contribution >= 0.6 is 0 Å². The van der Waals surface area contributed by atoms with Gasteiger partial charge in [-0.3, -0.25) is 4.79 Å². The molecule has 19 heavy (non-hydrogen) atoms. The molecule has 6 nitrogen and oxygen atoms in total. The Morgan fingerprint density at radius 3 is 2.58 bits per heavy atom. The average molecular weight is 272 g/mol. The van der Waals surface area contributed by atoms with Gasteiger partial charge in [-0.2, -0.15) is 0 Å². The van der Waals surface area contributed by atoms with Gasteiger partial charge in [0.05, 0.1) is 6.10 Å². The first-order valence-electron chi connectivity index (χ1n) is 6.81. The quantitative estimate of drug-likeness (QED) is 0.670. The molecule has 0 aromatic rings. The van der Waals surface area contributed by atoms with E-state index in [1.54, 1.807) is 4.90 Å². The van der Waals surface area contributed by atoms with Gasteiger partial charge in [0.2, 0.25) is 0 Å². The number of nitrogens with zero attached hydrogens (tertiary/aromatic N) is 1. The van der Waals surface area contributed by atoms with Crippen molar-refractivity contribution in [1.82, 2.24) is 10.2 Å². The lowest BCUT2D eigenvalue weighted by atomic mass is 9.94. The lowest BCUT2D eigenvalue weighted by Crippen LogP contribution is -2.41. The average Bonchev–Trinajstić information content (AvgIpc) is 2.71. The number of likely N-dealkylation sites (tertiary alicyclic amines) is 1. The Labute approximate surface area is 113 Å². The van der Waals surface area contributed by atoms with Gasteiger partial charge < -0.3 is 20.4 Å². The molecule has 0 radical (unpaired) electrons. The predicted molar refractivity (Wildman–Crippen MR) is 70.8 cm³/mol. The third kappa shape index (κ3) is 5.92. The van der Waals surface area contributed by atoms with Crippen LogP contribution in [0.1, 0.15) is 33.1 Å². The Kier molecular flexibility index (Phi) is 6.08. The van der Waals surface area contributed by atoms with Gasteiger partial charge in [0.25, 0.3) is 0 Å². The molecule has 0 bridgehead atoms. The summed E-state index contributed by atoms with van der Waals surface area (Å²) in [4.78, 5) is 24.2. The number of nitrogens with one attached hydrogen (secondary N) is 1. The van der Waals surface area contributed by atoms with Crippen molar-refractivity contribution in [1.29, 1.82) is 0 Å². The van der Waals surface area contributed by atoms with Crippen molar-refractivity contribution < 1.29 is 19.8 Å². The van der Waals surface area contributed by atoms with Crippen molar-refractivity contribution in [2.75, 3.05) is 19.6 Å². The molecule has 110 valence electrons. The van der Waals surface area contributed by atoms with Crippen molar-refractivity contribution >= 4 is 12.0 Å². The van der Waals surface area contributed by atoms with Crippen LogP contribution in [0.3, 0.4) is 0 Å². The highest BCUT2D eigenvalue weighted by atomic mass is 16.4.